The van der Waals surface area contributed by atoms with Gasteiger partial charge in [0.1, 0.15) is 12.8 Å². The summed E-state index contributed by atoms with van der Waals surface area (Å²) in [5.74, 6) is -0.726. The fraction of sp³-hybridized carbons (Fsp3) is 0.381. The second-order valence-electron chi connectivity index (χ2n) is 7.39. The van der Waals surface area contributed by atoms with Crippen molar-refractivity contribution in [3.63, 3.8) is 0 Å². The maximum absolute atomic E-state index is 12.6. The molecule has 3 rings (SSSR count). The molecule has 0 unspecified atom stereocenters. The van der Waals surface area contributed by atoms with Crippen LogP contribution in [0.3, 0.4) is 0 Å². The summed E-state index contributed by atoms with van der Waals surface area (Å²) >= 11 is 0. The van der Waals surface area contributed by atoms with Gasteiger partial charge in [-0.2, -0.15) is 18.2 Å². The summed E-state index contributed by atoms with van der Waals surface area (Å²) in [6.07, 6.45) is 1.75. The molecule has 3 aromatic rings. The Morgan fingerprint density at radius 1 is 1.21 bits per heavy atom. The molecule has 0 aliphatic carbocycles. The van der Waals surface area contributed by atoms with Gasteiger partial charge in [-0.15, -0.1) is 0 Å². The van der Waals surface area contributed by atoms with E-state index in [-0.39, 0.29) is 5.82 Å². The number of benzene rings is 1. The Balaban J connectivity index is 0.000000696. The van der Waals surface area contributed by atoms with Crippen molar-refractivity contribution in [1.29, 1.82) is 0 Å². The minimum atomic E-state index is -4.66. The quantitative estimate of drug-likeness (QED) is 0.298. The van der Waals surface area contributed by atoms with Gasteiger partial charge in [0.15, 0.2) is 12.4 Å². The van der Waals surface area contributed by atoms with E-state index in [0.717, 1.165) is 29.7 Å². The summed E-state index contributed by atoms with van der Waals surface area (Å²) in [6, 6.07) is 7.48. The first-order valence-corrected chi connectivity index (χ1v) is 11.6. The number of pyridine rings is 1. The maximum Gasteiger partial charge on any atom is 0.471 e. The standard InChI is InChI=1S/C20H21F3N3O2.CH4O3S/c1-13-10-16(18-24-19(28-25-18)20(21,22)23)11-14(2)17(13)27-9-5-7-15-6-4-8-26(3)12-15;1-5(2,3)4/h4,6,8,10-12H,5,7,9H2,1-3H3;1H3,(H,2,3,4)/q+1;/p-1. The van der Waals surface area contributed by atoms with Crippen molar-refractivity contribution in [2.45, 2.75) is 32.9 Å². The number of hydrogen-bond donors (Lipinski definition) is 0. The molecule has 0 fully saturated rings. The average molecular weight is 488 g/mol. The lowest BCUT2D eigenvalue weighted by Gasteiger charge is -2.13. The van der Waals surface area contributed by atoms with E-state index in [1.54, 1.807) is 12.1 Å². The van der Waals surface area contributed by atoms with Crippen molar-refractivity contribution in [1.82, 2.24) is 10.1 Å². The minimum Gasteiger partial charge on any atom is -0.748 e. The topological polar surface area (TPSA) is 109 Å². The number of aromatic nitrogens is 3. The smallest absolute Gasteiger partial charge is 0.471 e. The van der Waals surface area contributed by atoms with Crippen LogP contribution in [0.25, 0.3) is 11.4 Å². The number of rotatable bonds is 6. The second kappa shape index (κ2) is 10.8. The van der Waals surface area contributed by atoms with Gasteiger partial charge in [-0.25, -0.2) is 13.0 Å². The third-order valence-corrected chi connectivity index (χ3v) is 4.24. The van der Waals surface area contributed by atoms with Crippen LogP contribution in [0.4, 0.5) is 13.2 Å². The van der Waals surface area contributed by atoms with Crippen molar-refractivity contribution in [2.75, 3.05) is 12.9 Å². The summed E-state index contributed by atoms with van der Waals surface area (Å²) < 4.78 is 77.4. The van der Waals surface area contributed by atoms with Crippen molar-refractivity contribution in [3.05, 3.63) is 59.2 Å². The molecule has 2 aromatic heterocycles. The average Bonchev–Trinajstić information content (AvgIpc) is 3.16. The molecule has 12 heteroatoms. The van der Waals surface area contributed by atoms with Gasteiger partial charge < -0.3 is 13.8 Å². The van der Waals surface area contributed by atoms with Gasteiger partial charge in [0.2, 0.25) is 5.82 Å². The first-order valence-electron chi connectivity index (χ1n) is 9.74. The van der Waals surface area contributed by atoms with Gasteiger partial charge in [-0.05, 0) is 56.0 Å². The molecule has 1 aromatic carbocycles. The molecule has 0 aliphatic rings. The van der Waals surface area contributed by atoms with Crippen molar-refractivity contribution in [2.24, 2.45) is 7.05 Å². The van der Waals surface area contributed by atoms with Crippen molar-refractivity contribution >= 4 is 10.1 Å². The number of halogens is 3. The Kier molecular flexibility index (Phi) is 8.56. The molecule has 2 heterocycles. The predicted molar refractivity (Wildman–Crippen MR) is 111 cm³/mol. The molecule has 0 N–H and O–H groups in total. The molecule has 0 amide bonds. The summed E-state index contributed by atoms with van der Waals surface area (Å²) in [4.78, 5) is 3.43. The third kappa shape index (κ3) is 8.81. The van der Waals surface area contributed by atoms with E-state index in [1.165, 1.54) is 5.56 Å². The zero-order valence-electron chi connectivity index (χ0n) is 18.5. The monoisotopic (exact) mass is 487 g/mol. The maximum atomic E-state index is 12.6. The number of hydrogen-bond acceptors (Lipinski definition) is 7. The van der Waals surface area contributed by atoms with E-state index in [2.05, 4.69) is 26.9 Å². The summed E-state index contributed by atoms with van der Waals surface area (Å²) in [5.41, 5.74) is 3.30. The Bertz CT molecular complexity index is 1160. The predicted octanol–water partition coefficient (Wildman–Crippen LogP) is 3.37. The SMILES string of the molecule is CS(=O)(=O)[O-].Cc1cc(-c2noc(C(F)(F)F)n2)cc(C)c1OCCCc1ccc[n+](C)c1. The van der Waals surface area contributed by atoms with E-state index in [9.17, 15) is 13.2 Å². The van der Waals surface area contributed by atoms with Crippen LogP contribution in [-0.2, 0) is 29.8 Å². The minimum absolute atomic E-state index is 0.0953. The van der Waals surface area contributed by atoms with Crippen LogP contribution in [-0.4, -0.2) is 36.0 Å². The molecule has 0 bridgehead atoms. The fourth-order valence-electron chi connectivity index (χ4n) is 3.01. The van der Waals surface area contributed by atoms with Gasteiger partial charge in [-0.1, -0.05) is 5.16 Å². The van der Waals surface area contributed by atoms with Gasteiger partial charge in [0, 0.05) is 23.4 Å². The molecule has 8 nitrogen and oxygen atoms in total. The third-order valence-electron chi connectivity index (χ3n) is 4.24. The fourth-order valence-corrected chi connectivity index (χ4v) is 3.01. The van der Waals surface area contributed by atoms with E-state index in [0.29, 0.717) is 18.4 Å². The molecule has 0 saturated carbocycles. The number of alkyl halides is 3. The second-order valence-corrected chi connectivity index (χ2v) is 8.80. The highest BCUT2D eigenvalue weighted by molar-refractivity contribution is 7.84. The number of aryl methyl sites for hydroxylation is 4. The van der Waals surface area contributed by atoms with Gasteiger partial charge in [0.05, 0.1) is 16.7 Å². The zero-order chi connectivity index (χ0) is 24.8. The van der Waals surface area contributed by atoms with Crippen LogP contribution in [0.15, 0.2) is 41.2 Å². The van der Waals surface area contributed by atoms with E-state index < -0.39 is 22.2 Å². The molecule has 0 atom stereocenters. The first kappa shape index (κ1) is 26.3. The Hall–Kier alpha value is -2.99. The van der Waals surface area contributed by atoms with Gasteiger partial charge in [0.25, 0.3) is 0 Å². The largest absolute Gasteiger partial charge is 0.748 e. The molecule has 0 spiro atoms. The van der Waals surface area contributed by atoms with E-state index in [1.807, 2.05) is 37.7 Å². The Morgan fingerprint density at radius 2 is 1.82 bits per heavy atom. The lowest BCUT2D eigenvalue weighted by atomic mass is 10.1. The molecule has 180 valence electrons. The summed E-state index contributed by atoms with van der Waals surface area (Å²) in [7, 11) is -1.93. The number of nitrogens with zero attached hydrogens (tertiary/aromatic N) is 3. The number of ether oxygens (including phenoxy) is 1. The lowest BCUT2D eigenvalue weighted by Crippen LogP contribution is -2.26. The van der Waals surface area contributed by atoms with Gasteiger partial charge >= 0.3 is 12.1 Å². The Morgan fingerprint density at radius 3 is 2.33 bits per heavy atom. The lowest BCUT2D eigenvalue weighted by molar-refractivity contribution is -0.671. The molecule has 0 aliphatic heterocycles. The highest BCUT2D eigenvalue weighted by Gasteiger charge is 2.38. The molecule has 0 radical (unpaired) electrons. The van der Waals surface area contributed by atoms with E-state index >= 15 is 0 Å². The summed E-state index contributed by atoms with van der Waals surface area (Å²) in [5, 5.41) is 3.43. The van der Waals surface area contributed by atoms with Crippen LogP contribution >= 0.6 is 0 Å². The van der Waals surface area contributed by atoms with Crippen LogP contribution in [0.2, 0.25) is 0 Å². The van der Waals surface area contributed by atoms with Crippen LogP contribution < -0.4 is 9.30 Å². The van der Waals surface area contributed by atoms with Crippen LogP contribution in [0.1, 0.15) is 29.0 Å². The first-order chi connectivity index (χ1) is 15.2. The highest BCUT2D eigenvalue weighted by atomic mass is 32.2. The highest BCUT2D eigenvalue weighted by Crippen LogP contribution is 2.32. The molecule has 33 heavy (non-hydrogen) atoms. The van der Waals surface area contributed by atoms with Gasteiger partial charge in [-0.3, -0.25) is 0 Å². The molecule has 0 saturated heterocycles. The molecular weight excluding hydrogens is 463 g/mol. The summed E-state index contributed by atoms with van der Waals surface area (Å²) in [6.45, 7) is 4.22. The zero-order valence-corrected chi connectivity index (χ0v) is 19.3. The molecular formula is C21H24F3N3O5S. The van der Waals surface area contributed by atoms with E-state index in [4.69, 9.17) is 17.7 Å². The van der Waals surface area contributed by atoms with Crippen molar-refractivity contribution < 1.29 is 40.0 Å². The Labute approximate surface area is 189 Å². The van der Waals surface area contributed by atoms with Crippen LogP contribution in [0, 0.1) is 13.8 Å². The van der Waals surface area contributed by atoms with Crippen LogP contribution in [0.5, 0.6) is 5.75 Å². The normalized spacial score (nSPS) is 11.6. The van der Waals surface area contributed by atoms with Crippen molar-refractivity contribution in [3.8, 4) is 17.1 Å².